The van der Waals surface area contributed by atoms with E-state index >= 15 is 0 Å². The second kappa shape index (κ2) is 14.0. The normalized spacial score (nSPS) is 16.0. The third kappa shape index (κ3) is 8.00. The monoisotopic (exact) mass is 582 g/mol. The lowest BCUT2D eigenvalue weighted by atomic mass is 9.93. The molecule has 2 aliphatic heterocycles. The smallest absolute Gasteiger partial charge is 0.410 e. The topological polar surface area (TPSA) is 126 Å². The van der Waals surface area contributed by atoms with E-state index in [0.29, 0.717) is 56.6 Å². The maximum atomic E-state index is 13.1. The van der Waals surface area contributed by atoms with Crippen LogP contribution in [0.5, 0.6) is 0 Å². The van der Waals surface area contributed by atoms with Gasteiger partial charge < -0.3 is 25.0 Å². The predicted molar refractivity (Wildman–Crippen MR) is 163 cm³/mol. The average molecular weight is 583 g/mol. The summed E-state index contributed by atoms with van der Waals surface area (Å²) in [5, 5.41) is 7.53. The van der Waals surface area contributed by atoms with Gasteiger partial charge in [0.25, 0.3) is 5.91 Å². The molecule has 2 amide bonds. The number of nitrogens with one attached hydrogen (secondary N) is 1. The fraction of sp³-hybridized carbons (Fsp3) is 0.353. The van der Waals surface area contributed by atoms with Crippen LogP contribution in [0.1, 0.15) is 53.6 Å². The van der Waals surface area contributed by atoms with Gasteiger partial charge in [-0.15, -0.1) is 0 Å². The minimum atomic E-state index is -0.341. The van der Waals surface area contributed by atoms with E-state index in [1.807, 2.05) is 83.8 Å². The number of esters is 1. The Balaban J connectivity index is 1.01. The summed E-state index contributed by atoms with van der Waals surface area (Å²) in [6.45, 7) is 2.45. The minimum Gasteiger partial charge on any atom is -0.462 e. The fourth-order valence-corrected chi connectivity index (χ4v) is 5.61. The van der Waals surface area contributed by atoms with Crippen LogP contribution < -0.4 is 5.73 Å². The zero-order valence-electron chi connectivity index (χ0n) is 24.2. The Labute approximate surface area is 252 Å². The Kier molecular flexibility index (Phi) is 9.71. The molecular formula is C34H38N4O5. The third-order valence-corrected chi connectivity index (χ3v) is 8.22. The van der Waals surface area contributed by atoms with Crippen molar-refractivity contribution in [3.8, 4) is 11.1 Å². The van der Waals surface area contributed by atoms with Crippen molar-refractivity contribution < 1.29 is 23.9 Å². The number of hydrogen-bond donors (Lipinski definition) is 2. The van der Waals surface area contributed by atoms with E-state index in [1.165, 1.54) is 0 Å². The van der Waals surface area contributed by atoms with Gasteiger partial charge in [-0.1, -0.05) is 66.7 Å². The highest BCUT2D eigenvalue weighted by molar-refractivity contribution is 5.96. The fourth-order valence-electron chi connectivity index (χ4n) is 5.61. The maximum absolute atomic E-state index is 13.1. The standard InChI is InChI=1S/C34H38N4O5/c35-32(36)28-10-6-26(7-11-28)27-8-12-29(13-9-27)33(40)37-18-14-24(15-19-37)22-31(39)43-30-16-20-38(21-17-30)34(41)42-23-25-4-2-1-3-5-25/h1-13,24,30H,14-23H2,(H3,35,36). The van der Waals surface area contributed by atoms with Gasteiger partial charge >= 0.3 is 12.1 Å². The van der Waals surface area contributed by atoms with Gasteiger partial charge in [-0.25, -0.2) is 4.79 Å². The van der Waals surface area contributed by atoms with Crippen LogP contribution in [0.15, 0.2) is 78.9 Å². The molecule has 0 aromatic heterocycles. The molecule has 2 fully saturated rings. The summed E-state index contributed by atoms with van der Waals surface area (Å²) in [6, 6.07) is 24.6. The van der Waals surface area contributed by atoms with E-state index < -0.39 is 0 Å². The van der Waals surface area contributed by atoms with Gasteiger partial charge in [0.15, 0.2) is 0 Å². The molecule has 0 saturated carbocycles. The van der Waals surface area contributed by atoms with Crippen LogP contribution in [0.3, 0.4) is 0 Å². The van der Waals surface area contributed by atoms with Crippen LogP contribution in [0.2, 0.25) is 0 Å². The number of ether oxygens (including phenoxy) is 2. The van der Waals surface area contributed by atoms with Gasteiger partial charge in [-0.05, 0) is 47.6 Å². The largest absolute Gasteiger partial charge is 0.462 e. The molecule has 9 nitrogen and oxygen atoms in total. The van der Waals surface area contributed by atoms with Crippen LogP contribution in [-0.2, 0) is 20.9 Å². The molecule has 0 spiro atoms. The predicted octanol–water partition coefficient (Wildman–Crippen LogP) is 5.22. The first kappa shape index (κ1) is 29.8. The Hall–Kier alpha value is -4.66. The van der Waals surface area contributed by atoms with Gasteiger partial charge in [0.2, 0.25) is 0 Å². The number of amidine groups is 1. The van der Waals surface area contributed by atoms with Crippen LogP contribution in [0, 0.1) is 11.3 Å². The van der Waals surface area contributed by atoms with Crippen molar-refractivity contribution >= 4 is 23.8 Å². The number of rotatable bonds is 8. The first-order valence-electron chi connectivity index (χ1n) is 14.8. The molecule has 3 N–H and O–H groups in total. The van der Waals surface area contributed by atoms with Gasteiger partial charge in [0.05, 0.1) is 0 Å². The van der Waals surface area contributed by atoms with Crippen LogP contribution in [0.25, 0.3) is 11.1 Å². The van der Waals surface area contributed by atoms with Gasteiger partial charge in [0.1, 0.15) is 18.5 Å². The lowest BCUT2D eigenvalue weighted by Gasteiger charge is -2.33. The zero-order valence-corrected chi connectivity index (χ0v) is 24.2. The van der Waals surface area contributed by atoms with Gasteiger partial charge in [0, 0.05) is 56.6 Å². The van der Waals surface area contributed by atoms with E-state index in [1.54, 1.807) is 4.90 Å². The number of amides is 2. The number of nitrogen functional groups attached to an aromatic ring is 1. The van der Waals surface area contributed by atoms with Crippen LogP contribution in [-0.4, -0.2) is 65.9 Å². The molecule has 2 heterocycles. The third-order valence-electron chi connectivity index (χ3n) is 8.22. The lowest BCUT2D eigenvalue weighted by molar-refractivity contribution is -0.152. The zero-order chi connectivity index (χ0) is 30.2. The molecule has 0 bridgehead atoms. The van der Waals surface area contributed by atoms with Gasteiger partial charge in [-0.2, -0.15) is 0 Å². The summed E-state index contributed by atoms with van der Waals surface area (Å²) in [5.41, 5.74) is 9.76. The molecule has 2 aliphatic rings. The molecule has 43 heavy (non-hydrogen) atoms. The molecule has 3 aromatic carbocycles. The highest BCUT2D eigenvalue weighted by Gasteiger charge is 2.29. The number of benzene rings is 3. The Bertz CT molecular complexity index is 1410. The van der Waals surface area contributed by atoms with Crippen molar-refractivity contribution in [3.63, 3.8) is 0 Å². The number of nitrogens with two attached hydrogens (primary N) is 1. The van der Waals surface area contributed by atoms with E-state index in [0.717, 1.165) is 29.5 Å². The summed E-state index contributed by atoms with van der Waals surface area (Å²) in [7, 11) is 0. The highest BCUT2D eigenvalue weighted by Crippen LogP contribution is 2.25. The molecule has 0 atom stereocenters. The molecule has 0 aliphatic carbocycles. The number of nitrogens with zero attached hydrogens (tertiary/aromatic N) is 2. The van der Waals surface area contributed by atoms with Gasteiger partial charge in [-0.3, -0.25) is 15.0 Å². The number of carbonyl (C=O) groups is 3. The number of hydrogen-bond acceptors (Lipinski definition) is 6. The number of carbonyl (C=O) groups excluding carboxylic acids is 3. The van der Waals surface area contributed by atoms with Crippen molar-refractivity contribution in [3.05, 3.63) is 95.6 Å². The molecule has 2 saturated heterocycles. The van der Waals surface area contributed by atoms with Crippen molar-refractivity contribution in [2.75, 3.05) is 26.2 Å². The second-order valence-corrected chi connectivity index (χ2v) is 11.2. The summed E-state index contributed by atoms with van der Waals surface area (Å²) >= 11 is 0. The molecule has 9 heteroatoms. The maximum Gasteiger partial charge on any atom is 0.410 e. The number of piperidine rings is 2. The average Bonchev–Trinajstić information content (AvgIpc) is 3.04. The van der Waals surface area contributed by atoms with E-state index in [4.69, 9.17) is 20.6 Å². The molecule has 224 valence electrons. The summed E-state index contributed by atoms with van der Waals surface area (Å²) in [4.78, 5) is 41.7. The van der Waals surface area contributed by atoms with Crippen molar-refractivity contribution in [2.45, 2.75) is 44.8 Å². The first-order valence-corrected chi connectivity index (χ1v) is 14.8. The Morgan fingerprint density at radius 3 is 1.88 bits per heavy atom. The first-order chi connectivity index (χ1) is 20.9. The molecular weight excluding hydrogens is 544 g/mol. The summed E-state index contributed by atoms with van der Waals surface area (Å²) in [5.74, 6) is 0.00430. The summed E-state index contributed by atoms with van der Waals surface area (Å²) in [6.07, 6.45) is 2.52. The van der Waals surface area contributed by atoms with E-state index in [9.17, 15) is 14.4 Å². The molecule has 5 rings (SSSR count). The highest BCUT2D eigenvalue weighted by atomic mass is 16.6. The van der Waals surface area contributed by atoms with Crippen LogP contribution >= 0.6 is 0 Å². The minimum absolute atomic E-state index is 0.00596. The quantitative estimate of drug-likeness (QED) is 0.213. The van der Waals surface area contributed by atoms with E-state index in [-0.39, 0.29) is 42.4 Å². The SMILES string of the molecule is N=C(N)c1ccc(-c2ccc(C(=O)N3CCC(CC(=O)OC4CCN(C(=O)OCc5ccccc5)CC4)CC3)cc2)cc1. The van der Waals surface area contributed by atoms with E-state index in [2.05, 4.69) is 0 Å². The van der Waals surface area contributed by atoms with Crippen molar-refractivity contribution in [1.29, 1.82) is 5.41 Å². The second-order valence-electron chi connectivity index (χ2n) is 11.2. The molecule has 0 unspecified atom stereocenters. The summed E-state index contributed by atoms with van der Waals surface area (Å²) < 4.78 is 11.2. The Morgan fingerprint density at radius 2 is 1.30 bits per heavy atom. The molecule has 3 aromatic rings. The van der Waals surface area contributed by atoms with Crippen LogP contribution in [0.4, 0.5) is 4.79 Å². The van der Waals surface area contributed by atoms with Crippen molar-refractivity contribution in [2.24, 2.45) is 11.7 Å². The Morgan fingerprint density at radius 1 is 0.744 bits per heavy atom. The lowest BCUT2D eigenvalue weighted by Crippen LogP contribution is -2.42. The van der Waals surface area contributed by atoms with Crippen molar-refractivity contribution in [1.82, 2.24) is 9.80 Å². The molecule has 0 radical (unpaired) electrons. The number of likely N-dealkylation sites (tertiary alicyclic amines) is 2.